The molecule has 0 radical (unpaired) electrons. The maximum absolute atomic E-state index is 13.9. The van der Waals surface area contributed by atoms with Gasteiger partial charge in [0.05, 0.1) is 11.6 Å². The summed E-state index contributed by atoms with van der Waals surface area (Å²) in [6.45, 7) is 6.02. The number of Topliss-reactive ketones (excluding diaryl/α,β-unsaturated/α-hetero) is 2. The number of fused-ring (bicyclic) bond motifs is 3. The molecule has 1 amide bonds. The zero-order valence-corrected chi connectivity index (χ0v) is 23.8. The Hall–Kier alpha value is -2.92. The highest BCUT2D eigenvalue weighted by atomic mass is 35.5. The van der Waals surface area contributed by atoms with Crippen LogP contribution in [-0.4, -0.2) is 86.5 Å². The number of carbonyl (C=O) groups is 3. The molecule has 5 rings (SSSR count). The molecule has 2 unspecified atom stereocenters. The lowest BCUT2D eigenvalue weighted by atomic mass is 9.58. The Kier molecular flexibility index (Phi) is 7.06. The topological polar surface area (TPSA) is 165 Å². The van der Waals surface area contributed by atoms with E-state index in [2.05, 4.69) is 18.7 Å². The second-order valence-electron chi connectivity index (χ2n) is 11.9. The van der Waals surface area contributed by atoms with Crippen LogP contribution in [0.1, 0.15) is 60.6 Å². The fourth-order valence-corrected chi connectivity index (χ4v) is 7.94. The van der Waals surface area contributed by atoms with Gasteiger partial charge in [0, 0.05) is 22.6 Å². The SMILES string of the molecule is CCCN1CCC(C)C1c1cc(O)c2c(c1Cl)C[C@H]1C[C@H]3[C@H](N(C)C)C(O)=C(C(N)=O)C(=O)[C@@]3(O)C(O)=C1C2=O. The van der Waals surface area contributed by atoms with Crippen molar-refractivity contribution in [3.8, 4) is 5.75 Å². The molecule has 1 aromatic carbocycles. The van der Waals surface area contributed by atoms with Crippen molar-refractivity contribution >= 4 is 29.1 Å². The number of halogens is 1. The molecule has 1 fully saturated rings. The lowest BCUT2D eigenvalue weighted by molar-refractivity contribution is -0.148. The standard InChI is InChI=1S/C29H36ClN3O7/c1-5-7-33-8-6-12(2)22(33)15-11-17(34)19-14(21(15)30)9-13-10-16-23(32(3)4)25(36)20(28(31)39)27(38)29(16,40)26(37)18(13)24(19)35/h11-13,16,22-23,34,36-37,40H,5-10H2,1-4H3,(H2,31,39)/t12?,13-,16-,22?,23-,29-/m0/s1. The third-order valence-corrected chi connectivity index (χ3v) is 9.76. The van der Waals surface area contributed by atoms with Gasteiger partial charge in [-0.15, -0.1) is 0 Å². The van der Waals surface area contributed by atoms with E-state index in [1.807, 2.05) is 0 Å². The van der Waals surface area contributed by atoms with E-state index in [9.17, 15) is 34.8 Å². The summed E-state index contributed by atoms with van der Waals surface area (Å²) in [6.07, 6.45) is 2.13. The van der Waals surface area contributed by atoms with Crippen molar-refractivity contribution in [2.45, 2.75) is 57.2 Å². The number of primary amides is 1. The first-order valence-electron chi connectivity index (χ1n) is 13.7. The number of likely N-dealkylation sites (tertiary alicyclic amines) is 1. The average molecular weight is 574 g/mol. The van der Waals surface area contributed by atoms with E-state index in [0.29, 0.717) is 10.6 Å². The predicted octanol–water partition coefficient (Wildman–Crippen LogP) is 2.57. The number of allylic oxidation sites excluding steroid dienone is 1. The number of nitrogens with two attached hydrogens (primary N) is 1. The van der Waals surface area contributed by atoms with E-state index < -0.39 is 58.0 Å². The second-order valence-corrected chi connectivity index (χ2v) is 12.2. The molecule has 1 heterocycles. The highest BCUT2D eigenvalue weighted by molar-refractivity contribution is 6.33. The van der Waals surface area contributed by atoms with Crippen molar-refractivity contribution < 1.29 is 34.8 Å². The van der Waals surface area contributed by atoms with Crippen LogP contribution in [0.5, 0.6) is 5.75 Å². The Morgan fingerprint density at radius 1 is 1.25 bits per heavy atom. The minimum absolute atomic E-state index is 0.0227. The molecular formula is C29H36ClN3O7. The first-order valence-corrected chi connectivity index (χ1v) is 14.1. The monoisotopic (exact) mass is 573 g/mol. The van der Waals surface area contributed by atoms with Crippen molar-refractivity contribution in [3.63, 3.8) is 0 Å². The number of hydrogen-bond acceptors (Lipinski definition) is 9. The summed E-state index contributed by atoms with van der Waals surface area (Å²) < 4.78 is 0. The minimum Gasteiger partial charge on any atom is -0.510 e. The van der Waals surface area contributed by atoms with Gasteiger partial charge in [0.25, 0.3) is 5.91 Å². The Morgan fingerprint density at radius 2 is 1.93 bits per heavy atom. The number of aliphatic hydroxyl groups is 3. The number of likely N-dealkylation sites (N-methyl/N-ethyl adjacent to an activating group) is 1. The summed E-state index contributed by atoms with van der Waals surface area (Å²) in [7, 11) is 3.19. The van der Waals surface area contributed by atoms with Crippen LogP contribution in [0.2, 0.25) is 5.02 Å². The molecule has 6 N–H and O–H groups in total. The number of aromatic hydroxyl groups is 1. The highest BCUT2D eigenvalue weighted by Gasteiger charge is 2.63. The van der Waals surface area contributed by atoms with Gasteiger partial charge in [-0.25, -0.2) is 0 Å². The van der Waals surface area contributed by atoms with Crippen LogP contribution in [0, 0.1) is 17.8 Å². The number of nitrogens with zero attached hydrogens (tertiary/aromatic N) is 2. The smallest absolute Gasteiger partial charge is 0.255 e. The van der Waals surface area contributed by atoms with E-state index in [0.717, 1.165) is 31.5 Å². The van der Waals surface area contributed by atoms with Crippen molar-refractivity contribution in [2.75, 3.05) is 27.2 Å². The van der Waals surface area contributed by atoms with Gasteiger partial charge in [0.1, 0.15) is 22.8 Å². The molecule has 40 heavy (non-hydrogen) atoms. The first-order chi connectivity index (χ1) is 18.8. The number of benzene rings is 1. The molecule has 11 heteroatoms. The van der Waals surface area contributed by atoms with E-state index in [1.165, 1.54) is 11.0 Å². The largest absolute Gasteiger partial charge is 0.510 e. The van der Waals surface area contributed by atoms with Gasteiger partial charge in [-0.05, 0) is 81.9 Å². The summed E-state index contributed by atoms with van der Waals surface area (Å²) in [5.41, 5.74) is 2.84. The van der Waals surface area contributed by atoms with E-state index in [4.69, 9.17) is 17.3 Å². The van der Waals surface area contributed by atoms with Gasteiger partial charge in [-0.2, -0.15) is 0 Å². The number of amides is 1. The maximum Gasteiger partial charge on any atom is 0.255 e. The van der Waals surface area contributed by atoms with Gasteiger partial charge >= 0.3 is 0 Å². The van der Waals surface area contributed by atoms with E-state index in [-0.39, 0.29) is 41.7 Å². The summed E-state index contributed by atoms with van der Waals surface area (Å²) in [5.74, 6) is -6.46. The van der Waals surface area contributed by atoms with Gasteiger partial charge in [-0.3, -0.25) is 24.2 Å². The van der Waals surface area contributed by atoms with Crippen molar-refractivity contribution in [1.29, 1.82) is 0 Å². The maximum atomic E-state index is 13.9. The molecule has 1 aromatic rings. The van der Waals surface area contributed by atoms with Crippen LogP contribution in [0.3, 0.4) is 0 Å². The molecule has 216 valence electrons. The number of ketones is 2. The van der Waals surface area contributed by atoms with Gasteiger partial charge < -0.3 is 26.2 Å². The van der Waals surface area contributed by atoms with Crippen LogP contribution in [0.4, 0.5) is 0 Å². The number of aliphatic hydroxyl groups excluding tert-OH is 2. The van der Waals surface area contributed by atoms with Gasteiger partial charge in [-0.1, -0.05) is 25.4 Å². The van der Waals surface area contributed by atoms with Crippen LogP contribution in [-0.2, 0) is 16.0 Å². The van der Waals surface area contributed by atoms with Crippen LogP contribution < -0.4 is 5.73 Å². The summed E-state index contributed by atoms with van der Waals surface area (Å²) >= 11 is 7.01. The molecule has 0 spiro atoms. The Bertz CT molecular complexity index is 1380. The molecule has 0 aromatic heterocycles. The number of hydrogen-bond donors (Lipinski definition) is 5. The summed E-state index contributed by atoms with van der Waals surface area (Å²) in [6, 6.07) is 0.457. The number of rotatable bonds is 5. The predicted molar refractivity (Wildman–Crippen MR) is 147 cm³/mol. The molecule has 1 saturated heterocycles. The first kappa shape index (κ1) is 28.6. The van der Waals surface area contributed by atoms with Crippen molar-refractivity contribution in [3.05, 3.63) is 50.4 Å². The molecular weight excluding hydrogens is 538 g/mol. The third kappa shape index (κ3) is 3.83. The fourth-order valence-electron chi connectivity index (χ4n) is 7.60. The third-order valence-electron chi connectivity index (χ3n) is 9.32. The van der Waals surface area contributed by atoms with Crippen LogP contribution >= 0.6 is 11.6 Å². The quantitative estimate of drug-likeness (QED) is 0.333. The average Bonchev–Trinajstić information content (AvgIpc) is 3.22. The number of phenolic OH excluding ortho intramolecular Hbond substituents is 1. The highest BCUT2D eigenvalue weighted by Crippen LogP contribution is 2.54. The lowest BCUT2D eigenvalue weighted by Gasteiger charge is -2.50. The lowest BCUT2D eigenvalue weighted by Crippen LogP contribution is -2.63. The molecule has 10 nitrogen and oxygen atoms in total. The molecule has 6 atom stereocenters. The Balaban J connectivity index is 1.67. The van der Waals surface area contributed by atoms with Crippen molar-refractivity contribution in [1.82, 2.24) is 9.80 Å². The fraction of sp³-hybridized carbons (Fsp3) is 0.552. The number of phenols is 1. The van der Waals surface area contributed by atoms with Gasteiger partial charge in [0.15, 0.2) is 11.4 Å². The molecule has 3 aliphatic carbocycles. The Labute approximate surface area is 237 Å². The zero-order valence-electron chi connectivity index (χ0n) is 23.1. The van der Waals surface area contributed by atoms with E-state index in [1.54, 1.807) is 14.1 Å². The summed E-state index contributed by atoms with van der Waals surface area (Å²) in [5, 5.41) is 45.6. The van der Waals surface area contributed by atoms with Gasteiger partial charge in [0.2, 0.25) is 5.78 Å². The molecule has 1 aliphatic heterocycles. The van der Waals surface area contributed by atoms with E-state index >= 15 is 0 Å². The van der Waals surface area contributed by atoms with Crippen LogP contribution in [0.15, 0.2) is 28.7 Å². The zero-order chi connectivity index (χ0) is 29.4. The normalized spacial score (nSPS) is 32.4. The second kappa shape index (κ2) is 9.87. The van der Waals surface area contributed by atoms with Crippen LogP contribution in [0.25, 0.3) is 0 Å². The molecule has 0 saturated carbocycles. The molecule has 4 aliphatic rings. The summed E-state index contributed by atoms with van der Waals surface area (Å²) in [4.78, 5) is 43.3. The Morgan fingerprint density at radius 3 is 2.52 bits per heavy atom. The number of carbonyl (C=O) groups excluding carboxylic acids is 3. The van der Waals surface area contributed by atoms with Crippen molar-refractivity contribution in [2.24, 2.45) is 23.5 Å². The minimum atomic E-state index is -2.66. The molecule has 0 bridgehead atoms.